The molecule has 0 aromatic heterocycles. The van der Waals surface area contributed by atoms with E-state index in [2.05, 4.69) is 15.9 Å². The van der Waals surface area contributed by atoms with Gasteiger partial charge in [0.25, 0.3) is 0 Å². The molecule has 60 valence electrons. The van der Waals surface area contributed by atoms with Crippen LogP contribution in [-0.4, -0.2) is 12.5 Å². The van der Waals surface area contributed by atoms with Gasteiger partial charge in [0.1, 0.15) is 12.4 Å². The predicted octanol–water partition coefficient (Wildman–Crippen LogP) is 3.07. The van der Waals surface area contributed by atoms with Gasteiger partial charge in [0.15, 0.2) is 0 Å². The summed E-state index contributed by atoms with van der Waals surface area (Å²) < 4.78 is 6.29. The summed E-state index contributed by atoms with van der Waals surface area (Å²) in [5.41, 5.74) is 0. The second-order valence-corrected chi connectivity index (χ2v) is 3.29. The lowest BCUT2D eigenvalue weighted by molar-refractivity contribution is 0.342. The largest absolute Gasteiger partial charge is 0.492 e. The molecule has 11 heavy (non-hydrogen) atoms. The summed E-state index contributed by atoms with van der Waals surface area (Å²) in [5.74, 6) is 1.37. The number of hydrogen-bond donors (Lipinski definition) is 0. The number of ether oxygens (including phenoxy) is 1. The summed E-state index contributed by atoms with van der Waals surface area (Å²) in [6, 6.07) is 7.69. The molecule has 0 unspecified atom stereocenters. The molecule has 1 nitrogen and oxygen atoms in total. The first-order chi connectivity index (χ1) is 5.33. The van der Waals surface area contributed by atoms with Crippen LogP contribution in [0.3, 0.4) is 0 Å². The van der Waals surface area contributed by atoms with Crippen LogP contribution < -0.4 is 4.74 Å². The van der Waals surface area contributed by atoms with Gasteiger partial charge in [-0.25, -0.2) is 0 Å². The van der Waals surface area contributed by atoms with Crippen molar-refractivity contribution < 1.29 is 4.74 Å². The molecule has 1 rings (SSSR count). The molecule has 0 aliphatic heterocycles. The zero-order valence-electron chi connectivity index (χ0n) is 5.89. The minimum atomic E-state index is 0.520. The third kappa shape index (κ3) is 3.12. The van der Waals surface area contributed by atoms with Crippen LogP contribution in [0.4, 0.5) is 0 Å². The molecule has 3 heteroatoms. The first-order valence-electron chi connectivity index (χ1n) is 3.27. The maximum atomic E-state index is 5.45. The first-order valence-corrected chi connectivity index (χ1v) is 4.60. The monoisotopic (exact) mass is 234 g/mol. The average molecular weight is 236 g/mol. The van der Waals surface area contributed by atoms with E-state index < -0.39 is 0 Å². The lowest BCUT2D eigenvalue weighted by Gasteiger charge is -2.02. The van der Waals surface area contributed by atoms with Crippen LogP contribution in [0.25, 0.3) is 0 Å². The van der Waals surface area contributed by atoms with Crippen LogP contribution in [0.15, 0.2) is 28.7 Å². The Hall–Kier alpha value is -0.210. The van der Waals surface area contributed by atoms with Crippen molar-refractivity contribution in [3.05, 3.63) is 28.7 Å². The average Bonchev–Trinajstić information content (AvgIpc) is 2.01. The molecule has 0 saturated carbocycles. The summed E-state index contributed by atoms with van der Waals surface area (Å²) in [6.07, 6.45) is 0. The van der Waals surface area contributed by atoms with Crippen molar-refractivity contribution in [1.82, 2.24) is 0 Å². The molecule has 0 spiro atoms. The quantitative estimate of drug-likeness (QED) is 0.732. The molecule has 0 heterocycles. The number of hydrogen-bond acceptors (Lipinski definition) is 1. The second-order valence-electron chi connectivity index (χ2n) is 1.99. The molecular weight excluding hydrogens is 227 g/mol. The Morgan fingerprint density at radius 1 is 1.45 bits per heavy atom. The fraction of sp³-hybridized carbons (Fsp3) is 0.250. The van der Waals surface area contributed by atoms with E-state index in [9.17, 15) is 0 Å². The van der Waals surface area contributed by atoms with Gasteiger partial charge in [0, 0.05) is 4.47 Å². The van der Waals surface area contributed by atoms with Crippen molar-refractivity contribution in [1.29, 1.82) is 0 Å². The van der Waals surface area contributed by atoms with Gasteiger partial charge < -0.3 is 4.74 Å². The van der Waals surface area contributed by atoms with Crippen LogP contribution >= 0.6 is 27.5 Å². The summed E-state index contributed by atoms with van der Waals surface area (Å²) in [7, 11) is 0. The van der Waals surface area contributed by atoms with Crippen LogP contribution in [0.2, 0.25) is 0 Å². The van der Waals surface area contributed by atoms with Gasteiger partial charge in [-0.2, -0.15) is 0 Å². The molecule has 1 aromatic rings. The Morgan fingerprint density at radius 3 is 2.91 bits per heavy atom. The van der Waals surface area contributed by atoms with Crippen LogP contribution in [-0.2, 0) is 0 Å². The fourth-order valence-electron chi connectivity index (χ4n) is 0.713. The van der Waals surface area contributed by atoms with E-state index in [1.54, 1.807) is 0 Å². The highest BCUT2D eigenvalue weighted by molar-refractivity contribution is 9.10. The minimum absolute atomic E-state index is 0.520. The lowest BCUT2D eigenvalue weighted by atomic mass is 10.3. The highest BCUT2D eigenvalue weighted by atomic mass is 79.9. The smallest absolute Gasteiger partial charge is 0.120 e. The third-order valence-electron chi connectivity index (χ3n) is 1.14. The van der Waals surface area contributed by atoms with E-state index in [4.69, 9.17) is 16.3 Å². The van der Waals surface area contributed by atoms with Crippen molar-refractivity contribution in [3.8, 4) is 5.75 Å². The van der Waals surface area contributed by atoms with E-state index >= 15 is 0 Å². The highest BCUT2D eigenvalue weighted by Crippen LogP contribution is 2.17. The Kier molecular flexibility index (Phi) is 3.73. The molecule has 0 N–H and O–H groups in total. The zero-order chi connectivity index (χ0) is 8.10. The number of rotatable bonds is 3. The normalized spacial score (nSPS) is 9.64. The highest BCUT2D eigenvalue weighted by Gasteiger charge is 1.92. The standard InChI is InChI=1S/C8H8BrClO/c9-7-2-1-3-8(6-7)11-5-4-10/h1-3,6H,4-5H2. The zero-order valence-corrected chi connectivity index (χ0v) is 8.23. The maximum absolute atomic E-state index is 5.45. The summed E-state index contributed by atoms with van der Waals surface area (Å²) in [5, 5.41) is 0. The van der Waals surface area contributed by atoms with Gasteiger partial charge in [-0.1, -0.05) is 22.0 Å². The molecule has 0 aliphatic rings. The van der Waals surface area contributed by atoms with Crippen molar-refractivity contribution in [2.24, 2.45) is 0 Å². The predicted molar refractivity (Wildman–Crippen MR) is 50.4 cm³/mol. The van der Waals surface area contributed by atoms with E-state index in [1.807, 2.05) is 24.3 Å². The molecule has 0 fully saturated rings. The van der Waals surface area contributed by atoms with E-state index in [0.717, 1.165) is 10.2 Å². The van der Waals surface area contributed by atoms with Gasteiger partial charge in [-0.05, 0) is 18.2 Å². The molecule has 0 radical (unpaired) electrons. The number of halogens is 2. The van der Waals surface area contributed by atoms with E-state index in [0.29, 0.717) is 12.5 Å². The van der Waals surface area contributed by atoms with Crippen molar-refractivity contribution in [2.75, 3.05) is 12.5 Å². The summed E-state index contributed by atoms with van der Waals surface area (Å²) >= 11 is 8.80. The van der Waals surface area contributed by atoms with Gasteiger partial charge in [0.2, 0.25) is 0 Å². The maximum Gasteiger partial charge on any atom is 0.120 e. The Labute approximate surface area is 79.4 Å². The van der Waals surface area contributed by atoms with Gasteiger partial charge in [-0.15, -0.1) is 11.6 Å². The molecular formula is C8H8BrClO. The molecule has 0 amide bonds. The van der Waals surface area contributed by atoms with Crippen LogP contribution in [0.1, 0.15) is 0 Å². The third-order valence-corrected chi connectivity index (χ3v) is 1.79. The molecule has 1 aromatic carbocycles. The number of alkyl halides is 1. The Balaban J connectivity index is 2.56. The molecule has 0 saturated heterocycles. The second kappa shape index (κ2) is 4.62. The topological polar surface area (TPSA) is 9.23 Å². The minimum Gasteiger partial charge on any atom is -0.492 e. The van der Waals surface area contributed by atoms with Crippen molar-refractivity contribution >= 4 is 27.5 Å². The molecule has 0 bridgehead atoms. The Morgan fingerprint density at radius 2 is 2.27 bits per heavy atom. The van der Waals surface area contributed by atoms with Crippen molar-refractivity contribution in [3.63, 3.8) is 0 Å². The number of benzene rings is 1. The fourth-order valence-corrected chi connectivity index (χ4v) is 1.17. The SMILES string of the molecule is ClCCOc1cccc(Br)c1. The van der Waals surface area contributed by atoms with Crippen LogP contribution in [0.5, 0.6) is 5.75 Å². The first kappa shape index (κ1) is 8.88. The van der Waals surface area contributed by atoms with E-state index in [-0.39, 0.29) is 0 Å². The summed E-state index contributed by atoms with van der Waals surface area (Å²) in [6.45, 7) is 0.554. The van der Waals surface area contributed by atoms with Gasteiger partial charge >= 0.3 is 0 Å². The van der Waals surface area contributed by atoms with Crippen LogP contribution in [0, 0.1) is 0 Å². The molecule has 0 atom stereocenters. The molecule has 0 aliphatic carbocycles. The van der Waals surface area contributed by atoms with Gasteiger partial charge in [-0.3, -0.25) is 0 Å². The van der Waals surface area contributed by atoms with Crippen molar-refractivity contribution in [2.45, 2.75) is 0 Å². The summed E-state index contributed by atoms with van der Waals surface area (Å²) in [4.78, 5) is 0. The van der Waals surface area contributed by atoms with E-state index in [1.165, 1.54) is 0 Å². The Bertz CT molecular complexity index is 227. The lowest BCUT2D eigenvalue weighted by Crippen LogP contribution is -1.97. The van der Waals surface area contributed by atoms with Gasteiger partial charge in [0.05, 0.1) is 5.88 Å².